The molecule has 0 unspecified atom stereocenters. The number of amides is 2. The Labute approximate surface area is 192 Å². The predicted octanol–water partition coefficient (Wildman–Crippen LogP) is 3.22. The fraction of sp³-hybridized carbons (Fsp3) is 0.316. The largest absolute Gasteiger partial charge is 0.479 e. The molecule has 3 aromatic rings. The summed E-state index contributed by atoms with van der Waals surface area (Å²) in [5, 5.41) is 6.52. The van der Waals surface area contributed by atoms with Gasteiger partial charge in [-0.15, -0.1) is 5.06 Å². The Hall–Kier alpha value is -3.59. The van der Waals surface area contributed by atoms with Crippen LogP contribution < -0.4 is 15.4 Å². The third kappa shape index (κ3) is 5.14. The van der Waals surface area contributed by atoms with Gasteiger partial charge < -0.3 is 14.9 Å². The lowest BCUT2D eigenvalue weighted by Crippen LogP contribution is -2.38. The van der Waals surface area contributed by atoms with Crippen molar-refractivity contribution in [3.05, 3.63) is 41.5 Å². The zero-order chi connectivity index (χ0) is 24.5. The van der Waals surface area contributed by atoms with Crippen molar-refractivity contribution in [3.8, 4) is 5.88 Å². The molecule has 2 N–H and O–H groups in total. The summed E-state index contributed by atoms with van der Waals surface area (Å²) in [4.78, 5) is 42.4. The number of alkyl halides is 3. The van der Waals surface area contributed by atoms with Crippen LogP contribution in [0, 0.1) is 5.82 Å². The Bertz CT molecular complexity index is 1240. The molecule has 0 saturated carbocycles. The van der Waals surface area contributed by atoms with E-state index in [4.69, 9.17) is 9.57 Å². The number of rotatable bonds is 5. The molecule has 1 aromatic carbocycles. The second-order valence-corrected chi connectivity index (χ2v) is 8.08. The average molecular weight is 500 g/mol. The third-order valence-corrected chi connectivity index (χ3v) is 5.68. The maximum atomic E-state index is 13.4. The van der Waals surface area contributed by atoms with Crippen LogP contribution in [0.3, 0.4) is 0 Å². The van der Waals surface area contributed by atoms with Gasteiger partial charge in [-0.3, -0.25) is 10.1 Å². The summed E-state index contributed by atoms with van der Waals surface area (Å²) in [5.41, 5.74) is -1.48. The van der Waals surface area contributed by atoms with Crippen molar-refractivity contribution in [1.82, 2.24) is 25.3 Å². The molecule has 1 atom stereocenters. The summed E-state index contributed by atoms with van der Waals surface area (Å²) in [5.74, 6) is -2.01. The molecule has 1 fully saturated rings. The van der Waals surface area contributed by atoms with Gasteiger partial charge >= 0.3 is 12.3 Å². The van der Waals surface area contributed by atoms with E-state index in [1.807, 2.05) is 0 Å². The van der Waals surface area contributed by atoms with Crippen LogP contribution in [0.15, 0.2) is 24.5 Å². The Morgan fingerprint density at radius 2 is 2.06 bits per heavy atom. The van der Waals surface area contributed by atoms with Gasteiger partial charge in [0.25, 0.3) is 5.91 Å². The van der Waals surface area contributed by atoms with Gasteiger partial charge in [-0.1, -0.05) is 11.3 Å². The Kier molecular flexibility index (Phi) is 6.47. The SMILES string of the molecule is COc1ncnc2sc(NC(=O)ON3CC[C@@H](NC(=O)c4ccc(F)c(C(F)(F)F)c4)C3)nc12. The van der Waals surface area contributed by atoms with Gasteiger partial charge in [0.05, 0.1) is 19.2 Å². The number of nitrogens with one attached hydrogen (secondary N) is 2. The van der Waals surface area contributed by atoms with Crippen LogP contribution in [0.2, 0.25) is 0 Å². The van der Waals surface area contributed by atoms with Crippen LogP contribution in [-0.4, -0.2) is 58.3 Å². The molecule has 1 aliphatic rings. The van der Waals surface area contributed by atoms with E-state index < -0.39 is 35.6 Å². The number of nitrogens with zero attached hydrogens (tertiary/aromatic N) is 4. The van der Waals surface area contributed by atoms with E-state index in [1.54, 1.807) is 0 Å². The number of benzene rings is 1. The topological polar surface area (TPSA) is 119 Å². The summed E-state index contributed by atoms with van der Waals surface area (Å²) >= 11 is 1.09. The molecule has 2 aromatic heterocycles. The Morgan fingerprint density at radius 1 is 1.26 bits per heavy atom. The van der Waals surface area contributed by atoms with Crippen molar-refractivity contribution in [3.63, 3.8) is 0 Å². The summed E-state index contributed by atoms with van der Waals surface area (Å²) < 4.78 is 57.1. The van der Waals surface area contributed by atoms with E-state index in [-0.39, 0.29) is 29.7 Å². The van der Waals surface area contributed by atoms with E-state index in [1.165, 1.54) is 18.5 Å². The molecule has 2 amide bonds. The zero-order valence-corrected chi connectivity index (χ0v) is 18.2. The van der Waals surface area contributed by atoms with Gasteiger partial charge in [-0.05, 0) is 24.6 Å². The summed E-state index contributed by atoms with van der Waals surface area (Å²) in [6.07, 6.45) is -4.07. The standard InChI is InChI=1S/C19H16F4N6O4S/c1-32-15-13-16(25-8-24-15)34-17(27-13)28-18(31)33-29-5-4-10(7-29)26-14(30)9-2-3-12(20)11(6-9)19(21,22)23/h2-3,6,8,10H,4-5,7H2,1H3,(H,26,30)(H,27,28,31)/t10-/m1/s1. The maximum Gasteiger partial charge on any atom is 0.432 e. The first-order valence-electron chi connectivity index (χ1n) is 9.71. The summed E-state index contributed by atoms with van der Waals surface area (Å²) in [7, 11) is 1.43. The minimum atomic E-state index is -4.92. The molecule has 4 rings (SSSR count). The highest BCUT2D eigenvalue weighted by molar-refractivity contribution is 7.22. The second kappa shape index (κ2) is 9.34. The Balaban J connectivity index is 1.32. The maximum absolute atomic E-state index is 13.4. The van der Waals surface area contributed by atoms with E-state index in [9.17, 15) is 27.2 Å². The fourth-order valence-corrected chi connectivity index (χ4v) is 4.03. The Morgan fingerprint density at radius 3 is 2.79 bits per heavy atom. The lowest BCUT2D eigenvalue weighted by Gasteiger charge is -2.16. The minimum Gasteiger partial charge on any atom is -0.479 e. The molecule has 1 saturated heterocycles. The van der Waals surface area contributed by atoms with Crippen molar-refractivity contribution >= 4 is 38.8 Å². The normalized spacial score (nSPS) is 16.4. The highest BCUT2D eigenvalue weighted by atomic mass is 32.1. The predicted molar refractivity (Wildman–Crippen MR) is 111 cm³/mol. The van der Waals surface area contributed by atoms with Crippen LogP contribution in [0.25, 0.3) is 10.3 Å². The van der Waals surface area contributed by atoms with Gasteiger partial charge in [0.15, 0.2) is 15.5 Å². The number of anilines is 1. The average Bonchev–Trinajstić information content (AvgIpc) is 3.38. The lowest BCUT2D eigenvalue weighted by atomic mass is 10.1. The molecule has 0 aliphatic carbocycles. The molecule has 3 heterocycles. The molecule has 1 aliphatic heterocycles. The smallest absolute Gasteiger partial charge is 0.432 e. The molecule has 34 heavy (non-hydrogen) atoms. The summed E-state index contributed by atoms with van der Waals surface area (Å²) in [6, 6.07) is 1.52. The van der Waals surface area contributed by atoms with Crippen molar-refractivity contribution in [1.29, 1.82) is 0 Å². The highest BCUT2D eigenvalue weighted by Gasteiger charge is 2.35. The van der Waals surface area contributed by atoms with Crippen LogP contribution in [0.1, 0.15) is 22.3 Å². The summed E-state index contributed by atoms with van der Waals surface area (Å²) in [6.45, 7) is 0.375. The number of hydrogen-bond donors (Lipinski definition) is 2. The first-order chi connectivity index (χ1) is 16.1. The number of hydrogen-bond acceptors (Lipinski definition) is 9. The van der Waals surface area contributed by atoms with E-state index in [0.29, 0.717) is 28.9 Å². The first kappa shape index (κ1) is 23.6. The molecule has 0 radical (unpaired) electrons. The van der Waals surface area contributed by atoms with Crippen LogP contribution >= 0.6 is 11.3 Å². The van der Waals surface area contributed by atoms with Gasteiger partial charge in [0, 0.05) is 18.2 Å². The van der Waals surface area contributed by atoms with Crippen LogP contribution in [0.4, 0.5) is 27.5 Å². The number of hydroxylamine groups is 2. The van der Waals surface area contributed by atoms with Gasteiger partial charge in [0.2, 0.25) is 5.88 Å². The van der Waals surface area contributed by atoms with Crippen molar-refractivity contribution in [2.24, 2.45) is 0 Å². The number of ether oxygens (including phenoxy) is 1. The quantitative estimate of drug-likeness (QED) is 0.513. The monoisotopic (exact) mass is 500 g/mol. The fourth-order valence-electron chi connectivity index (χ4n) is 3.25. The van der Waals surface area contributed by atoms with Crippen molar-refractivity contribution in [2.45, 2.75) is 18.6 Å². The number of fused-ring (bicyclic) bond motifs is 1. The highest BCUT2D eigenvalue weighted by Crippen LogP contribution is 2.32. The third-order valence-electron chi connectivity index (χ3n) is 4.80. The molecular weight excluding hydrogens is 484 g/mol. The number of methoxy groups -OCH3 is 1. The molecule has 0 spiro atoms. The van der Waals surface area contributed by atoms with E-state index >= 15 is 0 Å². The van der Waals surface area contributed by atoms with E-state index in [0.717, 1.165) is 17.4 Å². The number of carbonyl (C=O) groups excluding carboxylic acids is 2. The van der Waals surface area contributed by atoms with Crippen LogP contribution in [-0.2, 0) is 11.0 Å². The van der Waals surface area contributed by atoms with Gasteiger partial charge in [-0.25, -0.2) is 19.2 Å². The van der Waals surface area contributed by atoms with Crippen molar-refractivity contribution in [2.75, 3.05) is 25.5 Å². The lowest BCUT2D eigenvalue weighted by molar-refractivity contribution is -0.140. The molecule has 180 valence electrons. The number of carbonyl (C=O) groups is 2. The van der Waals surface area contributed by atoms with Gasteiger partial charge in [0.1, 0.15) is 12.1 Å². The van der Waals surface area contributed by atoms with E-state index in [2.05, 4.69) is 25.6 Å². The number of thiazole rings is 1. The first-order valence-corrected chi connectivity index (χ1v) is 10.5. The minimum absolute atomic E-state index is 0.103. The molecular formula is C19H16F4N6O4S. The van der Waals surface area contributed by atoms with Crippen molar-refractivity contribution < 1.29 is 36.7 Å². The molecule has 10 nitrogen and oxygen atoms in total. The zero-order valence-electron chi connectivity index (χ0n) is 17.4. The number of aromatic nitrogens is 3. The number of halogens is 4. The van der Waals surface area contributed by atoms with Crippen LogP contribution in [0.5, 0.6) is 5.88 Å². The second-order valence-electron chi connectivity index (χ2n) is 7.10. The molecule has 15 heteroatoms. The van der Waals surface area contributed by atoms with Gasteiger partial charge in [-0.2, -0.15) is 18.2 Å². The molecule has 0 bridgehead atoms.